The largest absolute Gasteiger partial charge is 0.436 e. The fourth-order valence-corrected chi connectivity index (χ4v) is 4.84. The van der Waals surface area contributed by atoms with Gasteiger partial charge in [0, 0.05) is 28.9 Å². The van der Waals surface area contributed by atoms with Crippen molar-refractivity contribution < 1.29 is 9.21 Å². The second-order valence-electron chi connectivity index (χ2n) is 8.85. The van der Waals surface area contributed by atoms with Crippen LogP contribution in [0.4, 0.5) is 5.69 Å². The van der Waals surface area contributed by atoms with Crippen molar-refractivity contribution in [3.05, 3.63) is 71.0 Å². The maximum Gasteiger partial charge on any atom is 0.228 e. The van der Waals surface area contributed by atoms with E-state index in [0.717, 1.165) is 58.5 Å². The number of oxazole rings is 1. The van der Waals surface area contributed by atoms with Gasteiger partial charge in [-0.2, -0.15) is 5.21 Å². The predicted molar refractivity (Wildman–Crippen MR) is 135 cm³/mol. The molecule has 0 unspecified atom stereocenters. The number of aryl methyl sites for hydroxylation is 2. The molecule has 0 atom stereocenters. The van der Waals surface area contributed by atoms with Gasteiger partial charge in [-0.15, -0.1) is 10.2 Å². The number of tetrazole rings is 1. The van der Waals surface area contributed by atoms with Crippen LogP contribution in [0.25, 0.3) is 33.9 Å². The highest BCUT2D eigenvalue weighted by Gasteiger charge is 2.27. The number of carbonyl (C=O) groups is 1. The molecule has 0 radical (unpaired) electrons. The predicted octanol–water partition coefficient (Wildman–Crippen LogP) is 4.67. The molecule has 2 aromatic carbocycles. The SMILES string of the molecule is CCc1cc2c(c(CC)n1)CCC(=O)N2Cc1ccc2oc(-c3ccccc3-c3nn[nH]n3)nc2c1. The molecule has 4 heterocycles. The van der Waals surface area contributed by atoms with E-state index in [9.17, 15) is 4.79 Å². The summed E-state index contributed by atoms with van der Waals surface area (Å²) in [6, 6.07) is 15.6. The second-order valence-corrected chi connectivity index (χ2v) is 8.85. The number of nitrogens with one attached hydrogen (secondary N) is 1. The minimum absolute atomic E-state index is 0.132. The highest BCUT2D eigenvalue weighted by Crippen LogP contribution is 2.34. The van der Waals surface area contributed by atoms with Crippen molar-refractivity contribution in [2.24, 2.45) is 0 Å². The molecule has 1 aliphatic rings. The van der Waals surface area contributed by atoms with Gasteiger partial charge in [-0.1, -0.05) is 38.1 Å². The van der Waals surface area contributed by atoms with E-state index in [0.29, 0.717) is 30.3 Å². The fraction of sp³-hybridized carbons (Fsp3) is 0.259. The molecule has 3 aromatic heterocycles. The molecule has 1 amide bonds. The monoisotopic (exact) mass is 479 g/mol. The zero-order chi connectivity index (χ0) is 24.6. The molecule has 0 aliphatic carbocycles. The van der Waals surface area contributed by atoms with E-state index in [-0.39, 0.29) is 5.91 Å². The molecule has 1 N–H and O–H groups in total. The van der Waals surface area contributed by atoms with Crippen LogP contribution in [0.5, 0.6) is 0 Å². The number of carbonyl (C=O) groups excluding carboxylic acids is 1. The first-order valence-corrected chi connectivity index (χ1v) is 12.2. The lowest BCUT2D eigenvalue weighted by molar-refractivity contribution is -0.119. The third kappa shape index (κ3) is 3.82. The van der Waals surface area contributed by atoms with Gasteiger partial charge >= 0.3 is 0 Å². The Bertz CT molecular complexity index is 1570. The van der Waals surface area contributed by atoms with Crippen LogP contribution >= 0.6 is 0 Å². The zero-order valence-electron chi connectivity index (χ0n) is 20.2. The lowest BCUT2D eigenvalue weighted by Gasteiger charge is -2.31. The Morgan fingerprint density at radius 2 is 1.86 bits per heavy atom. The minimum atomic E-state index is 0.132. The Balaban J connectivity index is 1.36. The van der Waals surface area contributed by atoms with Crippen LogP contribution in [0.15, 0.2) is 52.9 Å². The van der Waals surface area contributed by atoms with E-state index in [2.05, 4.69) is 40.5 Å². The van der Waals surface area contributed by atoms with Gasteiger partial charge in [0.05, 0.1) is 12.2 Å². The molecule has 0 fully saturated rings. The van der Waals surface area contributed by atoms with Crippen molar-refractivity contribution >= 4 is 22.7 Å². The molecule has 9 heteroatoms. The van der Waals surface area contributed by atoms with Crippen LogP contribution in [-0.4, -0.2) is 36.5 Å². The van der Waals surface area contributed by atoms with Gasteiger partial charge in [-0.05, 0) is 59.9 Å². The smallest absolute Gasteiger partial charge is 0.228 e. The Labute approximate surface area is 207 Å². The standard InChI is InChI=1S/C27H25N7O2/c1-3-17-14-23-20(21(4-2)28-17)10-12-25(35)34(23)15-16-9-11-24-22(13-16)29-27(36-24)19-8-6-5-7-18(19)26-30-32-33-31-26/h5-9,11,13-14H,3-4,10,12,15H2,1-2H3,(H,30,31,32,33). The molecule has 0 spiro atoms. The first-order chi connectivity index (χ1) is 17.6. The van der Waals surface area contributed by atoms with Gasteiger partial charge in [0.25, 0.3) is 0 Å². The van der Waals surface area contributed by atoms with Gasteiger partial charge < -0.3 is 9.32 Å². The third-order valence-corrected chi connectivity index (χ3v) is 6.65. The van der Waals surface area contributed by atoms with Crippen molar-refractivity contribution in [2.45, 2.75) is 46.1 Å². The second kappa shape index (κ2) is 8.99. The normalized spacial score (nSPS) is 13.4. The van der Waals surface area contributed by atoms with E-state index < -0.39 is 0 Å². The third-order valence-electron chi connectivity index (χ3n) is 6.65. The number of anilines is 1. The van der Waals surface area contributed by atoms with Crippen molar-refractivity contribution in [1.82, 2.24) is 30.6 Å². The summed E-state index contributed by atoms with van der Waals surface area (Å²) in [6.45, 7) is 4.69. The molecule has 0 bridgehead atoms. The Morgan fingerprint density at radius 1 is 1.00 bits per heavy atom. The summed E-state index contributed by atoms with van der Waals surface area (Å²) in [7, 11) is 0. The highest BCUT2D eigenvalue weighted by atomic mass is 16.3. The summed E-state index contributed by atoms with van der Waals surface area (Å²) in [5.74, 6) is 1.09. The van der Waals surface area contributed by atoms with Crippen LogP contribution in [0.3, 0.4) is 0 Å². The Hall–Kier alpha value is -4.40. The molecule has 0 saturated heterocycles. The number of benzene rings is 2. The van der Waals surface area contributed by atoms with E-state index in [1.807, 2.05) is 47.4 Å². The molecule has 1 aliphatic heterocycles. The minimum Gasteiger partial charge on any atom is -0.436 e. The molecule has 6 rings (SSSR count). The van der Waals surface area contributed by atoms with E-state index in [1.165, 1.54) is 5.56 Å². The first kappa shape index (κ1) is 22.1. The van der Waals surface area contributed by atoms with Gasteiger partial charge in [0.1, 0.15) is 5.52 Å². The van der Waals surface area contributed by atoms with Gasteiger partial charge in [0.15, 0.2) is 5.58 Å². The lowest BCUT2D eigenvalue weighted by Crippen LogP contribution is -2.35. The molecular formula is C27H25N7O2. The number of amides is 1. The number of pyridine rings is 1. The van der Waals surface area contributed by atoms with Crippen LogP contribution in [0.1, 0.15) is 42.8 Å². The van der Waals surface area contributed by atoms with Crippen LogP contribution in [0.2, 0.25) is 0 Å². The van der Waals surface area contributed by atoms with Crippen molar-refractivity contribution in [2.75, 3.05) is 4.90 Å². The van der Waals surface area contributed by atoms with Crippen molar-refractivity contribution in [1.29, 1.82) is 0 Å². The first-order valence-electron chi connectivity index (χ1n) is 12.2. The van der Waals surface area contributed by atoms with Crippen LogP contribution < -0.4 is 4.90 Å². The average molecular weight is 480 g/mol. The molecule has 180 valence electrons. The summed E-state index contributed by atoms with van der Waals surface area (Å²) in [6.07, 6.45) is 2.94. The molecule has 9 nitrogen and oxygen atoms in total. The van der Waals surface area contributed by atoms with E-state index >= 15 is 0 Å². The van der Waals surface area contributed by atoms with Crippen LogP contribution in [0, 0.1) is 0 Å². The molecule has 36 heavy (non-hydrogen) atoms. The Kier molecular flexibility index (Phi) is 5.52. The maximum atomic E-state index is 13.0. The zero-order valence-corrected chi connectivity index (χ0v) is 20.2. The number of aromatic amines is 1. The van der Waals surface area contributed by atoms with E-state index in [1.54, 1.807) is 0 Å². The summed E-state index contributed by atoms with van der Waals surface area (Å²) >= 11 is 0. The van der Waals surface area contributed by atoms with Gasteiger partial charge in [-0.25, -0.2) is 4.98 Å². The number of nitrogens with zero attached hydrogens (tertiary/aromatic N) is 6. The number of fused-ring (bicyclic) bond motifs is 2. The maximum absolute atomic E-state index is 13.0. The topological polar surface area (TPSA) is 114 Å². The van der Waals surface area contributed by atoms with Crippen LogP contribution in [-0.2, 0) is 30.6 Å². The summed E-state index contributed by atoms with van der Waals surface area (Å²) in [5.41, 5.74) is 8.25. The fourth-order valence-electron chi connectivity index (χ4n) is 4.84. The number of rotatable bonds is 6. The number of hydrogen-bond donors (Lipinski definition) is 1. The van der Waals surface area contributed by atoms with Crippen molar-refractivity contribution in [3.63, 3.8) is 0 Å². The van der Waals surface area contributed by atoms with E-state index in [4.69, 9.17) is 14.4 Å². The average Bonchev–Trinajstić information content (AvgIpc) is 3.60. The molecule has 0 saturated carbocycles. The highest BCUT2D eigenvalue weighted by molar-refractivity contribution is 5.96. The molecular weight excluding hydrogens is 454 g/mol. The number of H-pyrrole nitrogens is 1. The van der Waals surface area contributed by atoms with Gasteiger partial charge in [0.2, 0.25) is 17.6 Å². The lowest BCUT2D eigenvalue weighted by atomic mass is 9.96. The Morgan fingerprint density at radius 3 is 2.64 bits per heavy atom. The summed E-state index contributed by atoms with van der Waals surface area (Å²) in [4.78, 5) is 24.5. The number of aromatic nitrogens is 6. The number of hydrogen-bond acceptors (Lipinski definition) is 7. The summed E-state index contributed by atoms with van der Waals surface area (Å²) in [5, 5.41) is 14.3. The van der Waals surface area contributed by atoms with Gasteiger partial charge in [-0.3, -0.25) is 9.78 Å². The van der Waals surface area contributed by atoms with Crippen molar-refractivity contribution in [3.8, 4) is 22.8 Å². The molecule has 5 aromatic rings. The quantitative estimate of drug-likeness (QED) is 0.376. The summed E-state index contributed by atoms with van der Waals surface area (Å²) < 4.78 is 6.09.